The number of hydrogen-bond donors (Lipinski definition) is 1. The van der Waals surface area contributed by atoms with Crippen LogP contribution in [0.2, 0.25) is 0 Å². The van der Waals surface area contributed by atoms with E-state index in [1.165, 1.54) is 6.08 Å². The summed E-state index contributed by atoms with van der Waals surface area (Å²) in [5.74, 6) is -1.31. The number of hydrogen-bond acceptors (Lipinski definition) is 3. The van der Waals surface area contributed by atoms with Crippen molar-refractivity contribution in [2.75, 3.05) is 5.32 Å². The van der Waals surface area contributed by atoms with Crippen LogP contribution in [0.25, 0.3) is 6.08 Å². The highest BCUT2D eigenvalue weighted by atomic mass is 19.1. The summed E-state index contributed by atoms with van der Waals surface area (Å²) < 4.78 is 13.5. The van der Waals surface area contributed by atoms with E-state index in [0.29, 0.717) is 0 Å². The van der Waals surface area contributed by atoms with Crippen LogP contribution >= 0.6 is 0 Å². The minimum absolute atomic E-state index is 0.230. The lowest BCUT2D eigenvalue weighted by Crippen LogP contribution is -2.09. The smallest absolute Gasteiger partial charge is 0.271 e. The Kier molecular flexibility index (Phi) is 4.40. The highest BCUT2D eigenvalue weighted by Crippen LogP contribution is 2.21. The van der Waals surface area contributed by atoms with E-state index in [2.05, 4.69) is 5.32 Å². The Bertz CT molecular complexity index is 699. The zero-order valence-electron chi connectivity index (χ0n) is 10.8. The second kappa shape index (κ2) is 6.42. The summed E-state index contributed by atoms with van der Waals surface area (Å²) in [6.45, 7) is 0. The first-order valence-electron chi connectivity index (χ1n) is 6.04. The molecule has 2 aromatic rings. The molecule has 1 N–H and O–H groups in total. The first-order chi connectivity index (χ1) is 10.1. The molecule has 0 fully saturated rings. The molecule has 0 saturated heterocycles. The normalized spacial score (nSPS) is 10.5. The van der Waals surface area contributed by atoms with E-state index in [4.69, 9.17) is 0 Å². The van der Waals surface area contributed by atoms with E-state index < -0.39 is 16.6 Å². The van der Waals surface area contributed by atoms with Crippen LogP contribution in [-0.2, 0) is 4.79 Å². The van der Waals surface area contributed by atoms with Crippen molar-refractivity contribution in [1.82, 2.24) is 0 Å². The molecule has 0 spiro atoms. The topological polar surface area (TPSA) is 72.2 Å². The van der Waals surface area contributed by atoms with Crippen molar-refractivity contribution in [3.63, 3.8) is 0 Å². The largest absolute Gasteiger partial charge is 0.320 e. The first-order valence-corrected chi connectivity index (χ1v) is 6.04. The second-order valence-electron chi connectivity index (χ2n) is 4.15. The highest BCUT2D eigenvalue weighted by molar-refractivity contribution is 6.02. The van der Waals surface area contributed by atoms with Crippen molar-refractivity contribution >= 4 is 23.4 Å². The molecule has 0 radical (unpaired) electrons. The molecule has 0 aliphatic rings. The van der Waals surface area contributed by atoms with Crippen molar-refractivity contribution in [2.45, 2.75) is 0 Å². The molecule has 2 aromatic carbocycles. The lowest BCUT2D eigenvalue weighted by atomic mass is 10.2. The SMILES string of the molecule is O=C(/C=C\c1ccccc1)Nc1cc([N+](=O)[O-])ccc1F. The van der Waals surface area contributed by atoms with Crippen molar-refractivity contribution in [1.29, 1.82) is 0 Å². The van der Waals surface area contributed by atoms with Gasteiger partial charge in [0.15, 0.2) is 0 Å². The Labute approximate surface area is 119 Å². The fourth-order valence-corrected chi connectivity index (χ4v) is 1.63. The van der Waals surface area contributed by atoms with Gasteiger partial charge in [0.2, 0.25) is 5.91 Å². The Morgan fingerprint density at radius 2 is 1.90 bits per heavy atom. The third-order valence-corrected chi connectivity index (χ3v) is 2.65. The Morgan fingerprint density at radius 1 is 1.19 bits per heavy atom. The van der Waals surface area contributed by atoms with Crippen LogP contribution in [0.5, 0.6) is 0 Å². The maximum Gasteiger partial charge on any atom is 0.271 e. The number of halogens is 1. The first kappa shape index (κ1) is 14.4. The summed E-state index contributed by atoms with van der Waals surface area (Å²) in [4.78, 5) is 21.6. The van der Waals surface area contributed by atoms with Gasteiger partial charge in [-0.05, 0) is 17.7 Å². The van der Waals surface area contributed by atoms with Gasteiger partial charge in [0.25, 0.3) is 5.69 Å². The molecular formula is C15H11FN2O3. The lowest BCUT2D eigenvalue weighted by Gasteiger charge is -2.03. The molecule has 0 saturated carbocycles. The number of nitrogens with one attached hydrogen (secondary N) is 1. The standard InChI is InChI=1S/C15H11FN2O3/c16-13-8-7-12(18(20)21)10-14(13)17-15(19)9-6-11-4-2-1-3-5-11/h1-10H,(H,17,19)/b9-6-. The predicted octanol–water partition coefficient (Wildman–Crippen LogP) is 3.39. The number of anilines is 1. The zero-order valence-corrected chi connectivity index (χ0v) is 10.8. The fraction of sp³-hybridized carbons (Fsp3) is 0. The lowest BCUT2D eigenvalue weighted by molar-refractivity contribution is -0.384. The number of rotatable bonds is 4. The molecule has 5 nitrogen and oxygen atoms in total. The molecule has 0 unspecified atom stereocenters. The highest BCUT2D eigenvalue weighted by Gasteiger charge is 2.11. The summed E-state index contributed by atoms with van der Waals surface area (Å²) in [5.41, 5.74) is 0.290. The average molecular weight is 286 g/mol. The quantitative estimate of drug-likeness (QED) is 0.532. The number of carbonyl (C=O) groups is 1. The molecule has 0 aliphatic heterocycles. The van der Waals surface area contributed by atoms with E-state index in [0.717, 1.165) is 23.8 Å². The average Bonchev–Trinajstić information content (AvgIpc) is 2.48. The Morgan fingerprint density at radius 3 is 2.57 bits per heavy atom. The number of benzene rings is 2. The van der Waals surface area contributed by atoms with Crippen LogP contribution in [0.1, 0.15) is 5.56 Å². The Hall–Kier alpha value is -3.02. The van der Waals surface area contributed by atoms with Gasteiger partial charge in [-0.25, -0.2) is 4.39 Å². The van der Waals surface area contributed by atoms with Gasteiger partial charge in [0.1, 0.15) is 5.82 Å². The molecule has 6 heteroatoms. The van der Waals surface area contributed by atoms with E-state index in [1.54, 1.807) is 18.2 Å². The van der Waals surface area contributed by atoms with Crippen molar-refractivity contribution in [3.8, 4) is 0 Å². The van der Waals surface area contributed by atoms with Gasteiger partial charge in [0, 0.05) is 18.2 Å². The van der Waals surface area contributed by atoms with Crippen LogP contribution < -0.4 is 5.32 Å². The van der Waals surface area contributed by atoms with E-state index >= 15 is 0 Å². The summed E-state index contributed by atoms with van der Waals surface area (Å²) in [6.07, 6.45) is 2.79. The zero-order chi connectivity index (χ0) is 15.2. The van der Waals surface area contributed by atoms with Crippen LogP contribution in [0, 0.1) is 15.9 Å². The number of amides is 1. The van der Waals surface area contributed by atoms with Crippen LogP contribution in [0.15, 0.2) is 54.6 Å². The van der Waals surface area contributed by atoms with Crippen LogP contribution in [0.3, 0.4) is 0 Å². The third-order valence-electron chi connectivity index (χ3n) is 2.65. The molecule has 106 valence electrons. The minimum atomic E-state index is -0.734. The Balaban J connectivity index is 2.11. The number of nitro benzene ring substituents is 1. The van der Waals surface area contributed by atoms with E-state index in [-0.39, 0.29) is 11.4 Å². The van der Waals surface area contributed by atoms with E-state index in [1.807, 2.05) is 18.2 Å². The molecule has 21 heavy (non-hydrogen) atoms. The molecular weight excluding hydrogens is 275 g/mol. The number of nitrogens with zero attached hydrogens (tertiary/aromatic N) is 1. The monoisotopic (exact) mass is 286 g/mol. The van der Waals surface area contributed by atoms with E-state index in [9.17, 15) is 19.3 Å². The molecule has 0 bridgehead atoms. The maximum absolute atomic E-state index is 13.5. The van der Waals surface area contributed by atoms with Crippen molar-refractivity contribution in [2.24, 2.45) is 0 Å². The molecule has 0 heterocycles. The molecule has 0 aromatic heterocycles. The van der Waals surface area contributed by atoms with Crippen molar-refractivity contribution < 1.29 is 14.1 Å². The fourth-order valence-electron chi connectivity index (χ4n) is 1.63. The molecule has 2 rings (SSSR count). The third kappa shape index (κ3) is 3.97. The van der Waals surface area contributed by atoms with Gasteiger partial charge in [-0.15, -0.1) is 0 Å². The number of carbonyl (C=O) groups excluding carboxylic acids is 1. The molecule has 0 aliphatic carbocycles. The van der Waals surface area contributed by atoms with Gasteiger partial charge < -0.3 is 5.32 Å². The minimum Gasteiger partial charge on any atom is -0.320 e. The van der Waals surface area contributed by atoms with Gasteiger partial charge in [-0.1, -0.05) is 30.3 Å². The van der Waals surface area contributed by atoms with Crippen LogP contribution in [0.4, 0.5) is 15.8 Å². The summed E-state index contributed by atoms with van der Waals surface area (Å²) in [5, 5.41) is 12.9. The second-order valence-corrected chi connectivity index (χ2v) is 4.15. The summed E-state index contributed by atoms with van der Waals surface area (Å²) >= 11 is 0. The van der Waals surface area contributed by atoms with Gasteiger partial charge in [-0.3, -0.25) is 14.9 Å². The predicted molar refractivity (Wildman–Crippen MR) is 77.2 cm³/mol. The maximum atomic E-state index is 13.5. The van der Waals surface area contributed by atoms with Gasteiger partial charge in [0.05, 0.1) is 10.6 Å². The number of nitro groups is 1. The van der Waals surface area contributed by atoms with Gasteiger partial charge >= 0.3 is 0 Å². The van der Waals surface area contributed by atoms with Crippen LogP contribution in [-0.4, -0.2) is 10.8 Å². The molecule has 1 amide bonds. The molecule has 0 atom stereocenters. The summed E-state index contributed by atoms with van der Waals surface area (Å²) in [6, 6.07) is 12.0. The summed E-state index contributed by atoms with van der Waals surface area (Å²) in [7, 11) is 0. The number of non-ortho nitro benzene ring substituents is 1. The van der Waals surface area contributed by atoms with Crippen molar-refractivity contribution in [3.05, 3.63) is 76.1 Å². The van der Waals surface area contributed by atoms with Gasteiger partial charge in [-0.2, -0.15) is 0 Å².